The molecule has 0 radical (unpaired) electrons. The van der Waals surface area contributed by atoms with Crippen molar-refractivity contribution in [3.05, 3.63) is 34.0 Å². The smallest absolute Gasteiger partial charge is 0.338 e. The summed E-state index contributed by atoms with van der Waals surface area (Å²) in [5, 5.41) is 17.4. The van der Waals surface area contributed by atoms with E-state index in [1.54, 1.807) is 4.68 Å². The lowest BCUT2D eigenvalue weighted by molar-refractivity contribution is 0.0697. The van der Waals surface area contributed by atoms with Crippen molar-refractivity contribution in [3.63, 3.8) is 0 Å². The second-order valence-electron chi connectivity index (χ2n) is 6.48. The lowest BCUT2D eigenvalue weighted by Crippen LogP contribution is -2.18. The highest BCUT2D eigenvalue weighted by Gasteiger charge is 2.21. The number of carboxylic acid groups (broad SMARTS) is 1. The summed E-state index contributed by atoms with van der Waals surface area (Å²) in [6, 6.07) is 0. The van der Waals surface area contributed by atoms with Crippen molar-refractivity contribution in [3.8, 4) is 5.95 Å². The fourth-order valence-corrected chi connectivity index (χ4v) is 3.45. The molecule has 3 heterocycles. The van der Waals surface area contributed by atoms with E-state index >= 15 is 0 Å². The van der Waals surface area contributed by atoms with E-state index in [4.69, 9.17) is 5.11 Å². The third-order valence-corrected chi connectivity index (χ3v) is 4.71. The largest absolute Gasteiger partial charge is 0.478 e. The Morgan fingerprint density at radius 2 is 2.16 bits per heavy atom. The summed E-state index contributed by atoms with van der Waals surface area (Å²) in [5.74, 6) is -0.366. The van der Waals surface area contributed by atoms with Crippen molar-refractivity contribution >= 4 is 17.0 Å². The molecule has 0 amide bonds. The molecule has 0 aromatic carbocycles. The van der Waals surface area contributed by atoms with E-state index in [1.165, 1.54) is 29.9 Å². The Morgan fingerprint density at radius 1 is 1.40 bits per heavy atom. The first-order valence-corrected chi connectivity index (χ1v) is 8.28. The average molecular weight is 342 g/mol. The number of aromatic nitrogens is 6. The molecule has 4 rings (SSSR count). The van der Waals surface area contributed by atoms with Crippen molar-refractivity contribution < 1.29 is 9.90 Å². The van der Waals surface area contributed by atoms with Crippen LogP contribution in [0.25, 0.3) is 17.0 Å². The molecule has 0 bridgehead atoms. The van der Waals surface area contributed by atoms with E-state index < -0.39 is 5.97 Å². The van der Waals surface area contributed by atoms with Crippen LogP contribution in [0.2, 0.25) is 0 Å². The number of aromatic carboxylic acids is 1. The van der Waals surface area contributed by atoms with Crippen LogP contribution >= 0.6 is 0 Å². The Hall–Kier alpha value is -2.97. The number of carbonyl (C=O) groups is 1. The van der Waals surface area contributed by atoms with Crippen LogP contribution in [0.4, 0.5) is 0 Å². The van der Waals surface area contributed by atoms with Gasteiger partial charge in [-0.05, 0) is 25.7 Å². The molecule has 1 aliphatic rings. The molecule has 3 aromatic heterocycles. The number of rotatable bonds is 4. The number of aromatic amines is 1. The standard InChI is InChI=1S/C16H18N6O3/c1-9-12-13(21(20-9)7-10-4-2-3-5-10)14(23)19-16(18-12)22-8-11(6-17-22)15(24)25/h6,8,10H,2-5,7H2,1H3,(H,24,25)(H,18,19,23). The fourth-order valence-electron chi connectivity index (χ4n) is 3.45. The minimum Gasteiger partial charge on any atom is -0.478 e. The lowest BCUT2D eigenvalue weighted by Gasteiger charge is -2.09. The van der Waals surface area contributed by atoms with Crippen LogP contribution in [0.1, 0.15) is 41.7 Å². The molecule has 9 heteroatoms. The summed E-state index contributed by atoms with van der Waals surface area (Å²) in [6.45, 7) is 2.54. The predicted octanol–water partition coefficient (Wildman–Crippen LogP) is 1.50. The van der Waals surface area contributed by atoms with Crippen LogP contribution < -0.4 is 5.56 Å². The topological polar surface area (TPSA) is 119 Å². The number of nitrogens with one attached hydrogen (secondary N) is 1. The molecule has 9 nitrogen and oxygen atoms in total. The molecule has 1 aliphatic carbocycles. The van der Waals surface area contributed by atoms with Gasteiger partial charge < -0.3 is 5.11 Å². The van der Waals surface area contributed by atoms with Crippen molar-refractivity contribution in [1.82, 2.24) is 29.5 Å². The Bertz CT molecular complexity index is 1010. The molecular weight excluding hydrogens is 324 g/mol. The number of aryl methyl sites for hydroxylation is 1. The Labute approximate surface area is 142 Å². The van der Waals surface area contributed by atoms with E-state index in [1.807, 2.05) is 6.92 Å². The number of hydrogen-bond donors (Lipinski definition) is 2. The monoisotopic (exact) mass is 342 g/mol. The minimum atomic E-state index is -1.09. The highest BCUT2D eigenvalue weighted by molar-refractivity contribution is 5.87. The molecule has 0 aliphatic heterocycles. The van der Waals surface area contributed by atoms with Gasteiger partial charge in [0.25, 0.3) is 5.56 Å². The Morgan fingerprint density at radius 3 is 2.84 bits per heavy atom. The number of carboxylic acids is 1. The van der Waals surface area contributed by atoms with Gasteiger partial charge in [0.15, 0.2) is 5.52 Å². The van der Waals surface area contributed by atoms with Gasteiger partial charge in [-0.2, -0.15) is 10.2 Å². The molecule has 1 fully saturated rings. The van der Waals surface area contributed by atoms with Crippen molar-refractivity contribution in [2.45, 2.75) is 39.2 Å². The van der Waals surface area contributed by atoms with Gasteiger partial charge in [-0.15, -0.1) is 0 Å². The van der Waals surface area contributed by atoms with Gasteiger partial charge in [-0.1, -0.05) is 12.8 Å². The van der Waals surface area contributed by atoms with Gasteiger partial charge in [0.05, 0.1) is 17.5 Å². The van der Waals surface area contributed by atoms with Crippen LogP contribution in [0.15, 0.2) is 17.2 Å². The van der Waals surface area contributed by atoms with E-state index in [0.717, 1.165) is 19.4 Å². The maximum atomic E-state index is 12.6. The highest BCUT2D eigenvalue weighted by atomic mass is 16.4. The van der Waals surface area contributed by atoms with Crippen LogP contribution in [-0.4, -0.2) is 40.6 Å². The van der Waals surface area contributed by atoms with Gasteiger partial charge >= 0.3 is 5.97 Å². The lowest BCUT2D eigenvalue weighted by atomic mass is 10.1. The van der Waals surface area contributed by atoms with E-state index in [0.29, 0.717) is 22.6 Å². The molecule has 25 heavy (non-hydrogen) atoms. The first-order valence-electron chi connectivity index (χ1n) is 8.28. The zero-order valence-corrected chi connectivity index (χ0v) is 13.8. The van der Waals surface area contributed by atoms with Crippen LogP contribution in [0.3, 0.4) is 0 Å². The summed E-state index contributed by atoms with van der Waals surface area (Å²) >= 11 is 0. The molecule has 0 spiro atoms. The summed E-state index contributed by atoms with van der Waals surface area (Å²) in [5.41, 5.74) is 1.37. The molecule has 3 aromatic rings. The van der Waals surface area contributed by atoms with E-state index in [9.17, 15) is 9.59 Å². The normalized spacial score (nSPS) is 15.2. The maximum Gasteiger partial charge on any atom is 0.338 e. The molecular formula is C16H18N6O3. The maximum absolute atomic E-state index is 12.6. The zero-order chi connectivity index (χ0) is 17.6. The molecule has 130 valence electrons. The summed E-state index contributed by atoms with van der Waals surface area (Å²) < 4.78 is 3.00. The fraction of sp³-hybridized carbons (Fsp3) is 0.438. The average Bonchev–Trinajstić information content (AvgIpc) is 3.29. The van der Waals surface area contributed by atoms with Crippen LogP contribution in [0, 0.1) is 12.8 Å². The van der Waals surface area contributed by atoms with Gasteiger partial charge in [0, 0.05) is 12.7 Å². The van der Waals surface area contributed by atoms with E-state index in [2.05, 4.69) is 20.2 Å². The summed E-state index contributed by atoms with van der Waals surface area (Å²) in [7, 11) is 0. The molecule has 0 saturated heterocycles. The van der Waals surface area contributed by atoms with Gasteiger partial charge in [-0.25, -0.2) is 14.5 Å². The third-order valence-electron chi connectivity index (χ3n) is 4.71. The first-order chi connectivity index (χ1) is 12.0. The summed E-state index contributed by atoms with van der Waals surface area (Å²) in [6.07, 6.45) is 7.30. The number of H-pyrrole nitrogens is 1. The second kappa shape index (κ2) is 5.83. The molecule has 2 N–H and O–H groups in total. The Kier molecular flexibility index (Phi) is 3.63. The Balaban J connectivity index is 1.78. The number of nitrogens with zero attached hydrogens (tertiary/aromatic N) is 5. The molecule has 0 unspecified atom stereocenters. The summed E-state index contributed by atoms with van der Waals surface area (Å²) in [4.78, 5) is 30.7. The first kappa shape index (κ1) is 15.6. The van der Waals surface area contributed by atoms with E-state index in [-0.39, 0.29) is 17.1 Å². The van der Waals surface area contributed by atoms with Crippen molar-refractivity contribution in [1.29, 1.82) is 0 Å². The van der Waals surface area contributed by atoms with Crippen molar-refractivity contribution in [2.24, 2.45) is 5.92 Å². The zero-order valence-electron chi connectivity index (χ0n) is 13.8. The van der Waals surface area contributed by atoms with Gasteiger partial charge in [0.1, 0.15) is 5.52 Å². The second-order valence-corrected chi connectivity index (χ2v) is 6.48. The van der Waals surface area contributed by atoms with Crippen LogP contribution in [-0.2, 0) is 6.54 Å². The quantitative estimate of drug-likeness (QED) is 0.742. The number of hydrogen-bond acceptors (Lipinski definition) is 5. The SMILES string of the molecule is Cc1nn(CC2CCCC2)c2c(=O)[nH]c(-n3cc(C(=O)O)cn3)nc12. The third kappa shape index (κ3) is 2.71. The highest BCUT2D eigenvalue weighted by Crippen LogP contribution is 2.27. The van der Waals surface area contributed by atoms with Crippen LogP contribution in [0.5, 0.6) is 0 Å². The predicted molar refractivity (Wildman–Crippen MR) is 88.9 cm³/mol. The van der Waals surface area contributed by atoms with Gasteiger partial charge in [0.2, 0.25) is 5.95 Å². The molecule has 0 atom stereocenters. The van der Waals surface area contributed by atoms with Gasteiger partial charge in [-0.3, -0.25) is 14.5 Å². The van der Waals surface area contributed by atoms with Crippen molar-refractivity contribution in [2.75, 3.05) is 0 Å². The minimum absolute atomic E-state index is 0.0244. The molecule has 1 saturated carbocycles. The number of fused-ring (bicyclic) bond motifs is 1.